The molecule has 1 rings (SSSR count). The summed E-state index contributed by atoms with van der Waals surface area (Å²) in [6.45, 7) is 15.1. The van der Waals surface area contributed by atoms with Crippen molar-refractivity contribution in [1.82, 2.24) is 15.5 Å². The molecule has 1 aromatic rings. The van der Waals surface area contributed by atoms with E-state index in [1.54, 1.807) is 32.9 Å². The number of benzene rings is 1. The Bertz CT molecular complexity index is 986. The Hall–Kier alpha value is -3.36. The second-order valence-electron chi connectivity index (χ2n) is 11.4. The third-order valence-corrected chi connectivity index (χ3v) is 6.16. The van der Waals surface area contributed by atoms with Gasteiger partial charge in [0.05, 0.1) is 0 Å². The predicted molar refractivity (Wildman–Crippen MR) is 159 cm³/mol. The molecule has 2 atom stereocenters. The van der Waals surface area contributed by atoms with Crippen LogP contribution in [-0.2, 0) is 19.1 Å². The molecule has 0 aliphatic carbocycles. The molecule has 40 heavy (non-hydrogen) atoms. The number of carbonyl (C=O) groups is 4. The number of carbonyl (C=O) groups excluding carboxylic acids is 4. The van der Waals surface area contributed by atoms with Gasteiger partial charge in [0, 0.05) is 19.0 Å². The molecule has 0 radical (unpaired) electrons. The standard InChI is InChI=1S/C31H50N4O5/c1-8-10-11-12-13-14-20-35(27(28(37)33-22(3)4)24-17-15-16-23(9-2)21-24)29(38)25(18-19-26(32)36)34-30(39)40-31(5,6)7/h9,15-17,21-22,25,27H,2,8,10-14,18-20H2,1,3-7H3,(H2,32,36)(H,33,37)(H,34,39). The van der Waals surface area contributed by atoms with Crippen molar-refractivity contribution < 1.29 is 23.9 Å². The summed E-state index contributed by atoms with van der Waals surface area (Å²) in [5.41, 5.74) is 6.04. The summed E-state index contributed by atoms with van der Waals surface area (Å²) in [7, 11) is 0. The number of hydrogen-bond acceptors (Lipinski definition) is 5. The van der Waals surface area contributed by atoms with E-state index < -0.39 is 35.6 Å². The number of nitrogens with two attached hydrogens (primary N) is 1. The number of primary amides is 1. The van der Waals surface area contributed by atoms with Gasteiger partial charge < -0.3 is 26.0 Å². The first-order valence-electron chi connectivity index (χ1n) is 14.4. The largest absolute Gasteiger partial charge is 0.444 e. The Morgan fingerprint density at radius 2 is 1.70 bits per heavy atom. The third-order valence-electron chi connectivity index (χ3n) is 6.16. The first-order valence-corrected chi connectivity index (χ1v) is 14.4. The average Bonchev–Trinajstić information content (AvgIpc) is 2.85. The van der Waals surface area contributed by atoms with Crippen molar-refractivity contribution in [1.29, 1.82) is 0 Å². The van der Waals surface area contributed by atoms with Gasteiger partial charge in [0.1, 0.15) is 17.7 Å². The Morgan fingerprint density at radius 1 is 1.05 bits per heavy atom. The number of rotatable bonds is 17. The number of nitrogens with one attached hydrogen (secondary N) is 2. The molecule has 0 spiro atoms. The van der Waals surface area contributed by atoms with Gasteiger partial charge in [-0.2, -0.15) is 0 Å². The first kappa shape index (κ1) is 34.7. The van der Waals surface area contributed by atoms with E-state index >= 15 is 0 Å². The highest BCUT2D eigenvalue weighted by molar-refractivity contribution is 5.92. The summed E-state index contributed by atoms with van der Waals surface area (Å²) in [4.78, 5) is 53.7. The van der Waals surface area contributed by atoms with Crippen molar-refractivity contribution in [3.63, 3.8) is 0 Å². The molecular formula is C31H50N4O5. The molecule has 0 saturated carbocycles. The molecule has 0 saturated heterocycles. The van der Waals surface area contributed by atoms with Gasteiger partial charge in [-0.05, 0) is 64.7 Å². The van der Waals surface area contributed by atoms with E-state index in [0.29, 0.717) is 18.5 Å². The van der Waals surface area contributed by atoms with Crippen molar-refractivity contribution in [3.8, 4) is 0 Å². The maximum atomic E-state index is 14.2. The number of amides is 4. The Labute approximate surface area is 240 Å². The van der Waals surface area contributed by atoms with Crippen molar-refractivity contribution >= 4 is 29.9 Å². The summed E-state index contributed by atoms with van der Waals surface area (Å²) < 4.78 is 5.39. The molecule has 0 bridgehead atoms. The lowest BCUT2D eigenvalue weighted by atomic mass is 9.98. The zero-order valence-corrected chi connectivity index (χ0v) is 25.3. The van der Waals surface area contributed by atoms with E-state index in [-0.39, 0.29) is 24.8 Å². The summed E-state index contributed by atoms with van der Waals surface area (Å²) in [5, 5.41) is 5.58. The summed E-state index contributed by atoms with van der Waals surface area (Å²) in [5.74, 6) is -1.41. The lowest BCUT2D eigenvalue weighted by Gasteiger charge is -2.35. The number of ether oxygens (including phenoxy) is 1. The summed E-state index contributed by atoms with van der Waals surface area (Å²) in [6.07, 6.45) is 6.71. The van der Waals surface area contributed by atoms with E-state index in [0.717, 1.165) is 37.7 Å². The molecule has 0 aliphatic rings. The van der Waals surface area contributed by atoms with Crippen LogP contribution in [0.2, 0.25) is 0 Å². The fraction of sp³-hybridized carbons (Fsp3) is 0.613. The zero-order chi connectivity index (χ0) is 30.3. The molecule has 2 unspecified atom stereocenters. The predicted octanol–water partition coefficient (Wildman–Crippen LogP) is 5.24. The van der Waals surface area contributed by atoms with Crippen LogP contribution >= 0.6 is 0 Å². The van der Waals surface area contributed by atoms with Crippen molar-refractivity contribution in [2.45, 2.75) is 117 Å². The highest BCUT2D eigenvalue weighted by atomic mass is 16.6. The molecule has 4 N–H and O–H groups in total. The lowest BCUT2D eigenvalue weighted by molar-refractivity contribution is -0.143. The van der Waals surface area contributed by atoms with Crippen molar-refractivity contribution in [2.75, 3.05) is 6.54 Å². The van der Waals surface area contributed by atoms with Gasteiger partial charge in [-0.25, -0.2) is 4.79 Å². The first-order chi connectivity index (χ1) is 18.8. The summed E-state index contributed by atoms with van der Waals surface area (Å²) in [6, 6.07) is 5.10. The molecule has 224 valence electrons. The lowest BCUT2D eigenvalue weighted by Crippen LogP contribution is -2.54. The van der Waals surface area contributed by atoms with Crippen LogP contribution in [0.25, 0.3) is 6.08 Å². The van der Waals surface area contributed by atoms with Gasteiger partial charge >= 0.3 is 6.09 Å². The molecule has 0 fully saturated rings. The van der Waals surface area contributed by atoms with Crippen LogP contribution < -0.4 is 16.4 Å². The van der Waals surface area contributed by atoms with Crippen LogP contribution in [0, 0.1) is 0 Å². The maximum absolute atomic E-state index is 14.2. The third kappa shape index (κ3) is 13.1. The maximum Gasteiger partial charge on any atom is 0.408 e. The Morgan fingerprint density at radius 3 is 2.27 bits per heavy atom. The minimum atomic E-state index is -1.11. The second kappa shape index (κ2) is 17.4. The topological polar surface area (TPSA) is 131 Å². The van der Waals surface area contributed by atoms with Crippen molar-refractivity contribution in [3.05, 3.63) is 42.0 Å². The number of hydrogen-bond donors (Lipinski definition) is 3. The van der Waals surface area contributed by atoms with Gasteiger partial charge in [0.15, 0.2) is 0 Å². The minimum Gasteiger partial charge on any atom is -0.444 e. The number of alkyl carbamates (subject to hydrolysis) is 1. The van der Waals surface area contributed by atoms with E-state index in [1.165, 1.54) is 4.90 Å². The Kier molecular flexibility index (Phi) is 15.0. The molecule has 0 aromatic heterocycles. The van der Waals surface area contributed by atoms with Crippen LogP contribution in [0.1, 0.15) is 110 Å². The van der Waals surface area contributed by atoms with Crippen LogP contribution in [0.15, 0.2) is 30.8 Å². The molecule has 0 heterocycles. The van der Waals surface area contributed by atoms with E-state index in [9.17, 15) is 19.2 Å². The zero-order valence-electron chi connectivity index (χ0n) is 25.3. The molecule has 0 aliphatic heterocycles. The number of unbranched alkanes of at least 4 members (excludes halogenated alkanes) is 5. The highest BCUT2D eigenvalue weighted by Gasteiger charge is 2.36. The molecular weight excluding hydrogens is 508 g/mol. The fourth-order valence-electron chi connectivity index (χ4n) is 4.32. The van der Waals surface area contributed by atoms with Gasteiger partial charge in [0.2, 0.25) is 17.7 Å². The number of nitrogens with zero attached hydrogens (tertiary/aromatic N) is 1. The minimum absolute atomic E-state index is 0.0222. The SMILES string of the molecule is C=Cc1cccc(C(C(=O)NC(C)C)N(CCCCCCCC)C(=O)C(CCC(N)=O)NC(=O)OC(C)(C)C)c1. The van der Waals surface area contributed by atoms with Crippen LogP contribution in [-0.4, -0.2) is 52.9 Å². The van der Waals surface area contributed by atoms with Gasteiger partial charge in [0.25, 0.3) is 0 Å². The Balaban J connectivity index is 3.50. The highest BCUT2D eigenvalue weighted by Crippen LogP contribution is 2.26. The molecule has 4 amide bonds. The monoisotopic (exact) mass is 558 g/mol. The van der Waals surface area contributed by atoms with Crippen molar-refractivity contribution in [2.24, 2.45) is 5.73 Å². The summed E-state index contributed by atoms with van der Waals surface area (Å²) >= 11 is 0. The van der Waals surface area contributed by atoms with E-state index in [2.05, 4.69) is 24.1 Å². The van der Waals surface area contributed by atoms with E-state index in [4.69, 9.17) is 10.5 Å². The average molecular weight is 559 g/mol. The quantitative estimate of drug-likeness (QED) is 0.225. The van der Waals surface area contributed by atoms with Gasteiger partial charge in [-0.1, -0.05) is 69.9 Å². The molecule has 9 heteroatoms. The molecule has 1 aromatic carbocycles. The normalized spacial score (nSPS) is 12.8. The van der Waals surface area contributed by atoms with Crippen LogP contribution in [0.4, 0.5) is 4.79 Å². The van der Waals surface area contributed by atoms with Crippen LogP contribution in [0.3, 0.4) is 0 Å². The fourth-order valence-corrected chi connectivity index (χ4v) is 4.32. The van der Waals surface area contributed by atoms with Gasteiger partial charge in [-0.15, -0.1) is 0 Å². The smallest absolute Gasteiger partial charge is 0.408 e. The van der Waals surface area contributed by atoms with Crippen LogP contribution in [0.5, 0.6) is 0 Å². The molecule has 9 nitrogen and oxygen atoms in total. The second-order valence-corrected chi connectivity index (χ2v) is 11.4. The van der Waals surface area contributed by atoms with Gasteiger partial charge in [-0.3, -0.25) is 14.4 Å². The van der Waals surface area contributed by atoms with E-state index in [1.807, 2.05) is 32.0 Å².